The molecule has 4 heteroatoms. The highest BCUT2D eigenvalue weighted by molar-refractivity contribution is 8.00. The number of benzene rings is 1. The zero-order valence-electron chi connectivity index (χ0n) is 9.76. The smallest absolute Gasteiger partial charge is 0.316 e. The first-order valence-electron chi connectivity index (χ1n) is 5.78. The molecule has 2 atom stereocenters. The number of aliphatic carboxylic acids is 1. The van der Waals surface area contributed by atoms with Crippen LogP contribution < -0.4 is 4.74 Å². The molecule has 0 spiro atoms. The van der Waals surface area contributed by atoms with Gasteiger partial charge in [0.2, 0.25) is 0 Å². The number of thioether (sulfide) groups is 1. The molecule has 1 N–H and O–H groups in total. The molecule has 1 aromatic carbocycles. The van der Waals surface area contributed by atoms with Crippen LogP contribution in [-0.2, 0) is 4.79 Å². The molecule has 17 heavy (non-hydrogen) atoms. The van der Waals surface area contributed by atoms with Gasteiger partial charge in [-0.1, -0.05) is 25.1 Å². The van der Waals surface area contributed by atoms with Crippen molar-refractivity contribution < 1.29 is 14.6 Å². The van der Waals surface area contributed by atoms with Gasteiger partial charge in [0, 0.05) is 17.2 Å². The third-order valence-corrected chi connectivity index (χ3v) is 4.48. The van der Waals surface area contributed by atoms with Gasteiger partial charge < -0.3 is 9.84 Å². The molecule has 0 aromatic heterocycles. The molecule has 0 aliphatic carbocycles. The maximum atomic E-state index is 10.9. The van der Waals surface area contributed by atoms with Crippen LogP contribution in [0.1, 0.15) is 24.8 Å². The van der Waals surface area contributed by atoms with Crippen molar-refractivity contribution in [1.82, 2.24) is 0 Å². The van der Waals surface area contributed by atoms with Crippen LogP contribution in [0.2, 0.25) is 0 Å². The molecular weight excluding hydrogens is 236 g/mol. The van der Waals surface area contributed by atoms with E-state index in [1.165, 1.54) is 17.3 Å². The maximum Gasteiger partial charge on any atom is 0.316 e. The minimum atomic E-state index is -0.718. The molecule has 2 unspecified atom stereocenters. The Balaban J connectivity index is 1.96. The van der Waals surface area contributed by atoms with Gasteiger partial charge in [-0.25, -0.2) is 0 Å². The van der Waals surface area contributed by atoms with E-state index in [1.807, 2.05) is 25.1 Å². The number of hydrogen-bond donors (Lipinski definition) is 1. The number of hydrogen-bond acceptors (Lipinski definition) is 3. The summed E-state index contributed by atoms with van der Waals surface area (Å²) < 4.78 is 5.58. The third-order valence-electron chi connectivity index (χ3n) is 2.94. The Kier molecular flexibility index (Phi) is 3.94. The Morgan fingerprint density at radius 2 is 2.35 bits per heavy atom. The highest BCUT2D eigenvalue weighted by Gasteiger charge is 2.25. The first-order valence-corrected chi connectivity index (χ1v) is 6.83. The van der Waals surface area contributed by atoms with E-state index in [1.54, 1.807) is 0 Å². The minimum Gasteiger partial charge on any atom is -0.493 e. The number of fused-ring (bicyclic) bond motifs is 1. The Hall–Kier alpha value is -1.16. The van der Waals surface area contributed by atoms with Gasteiger partial charge in [0.25, 0.3) is 0 Å². The number of carboxylic acid groups (broad SMARTS) is 1. The first kappa shape index (κ1) is 12.3. The van der Waals surface area contributed by atoms with E-state index in [9.17, 15) is 4.79 Å². The molecule has 2 rings (SSSR count). The van der Waals surface area contributed by atoms with Crippen molar-refractivity contribution in [3.05, 3.63) is 29.8 Å². The van der Waals surface area contributed by atoms with Crippen molar-refractivity contribution in [2.24, 2.45) is 0 Å². The largest absolute Gasteiger partial charge is 0.493 e. The van der Waals surface area contributed by atoms with Crippen molar-refractivity contribution in [2.45, 2.75) is 24.5 Å². The van der Waals surface area contributed by atoms with Crippen LogP contribution in [0.5, 0.6) is 5.75 Å². The predicted molar refractivity (Wildman–Crippen MR) is 68.9 cm³/mol. The lowest BCUT2D eigenvalue weighted by Crippen LogP contribution is -2.17. The Labute approximate surface area is 105 Å². The van der Waals surface area contributed by atoms with Crippen LogP contribution in [0.15, 0.2) is 24.3 Å². The average molecular weight is 252 g/mol. The monoisotopic (exact) mass is 252 g/mol. The zero-order chi connectivity index (χ0) is 12.3. The number of ether oxygens (including phenoxy) is 1. The Morgan fingerprint density at radius 3 is 3.06 bits per heavy atom. The highest BCUT2D eigenvalue weighted by Crippen LogP contribution is 2.36. The molecule has 1 aliphatic heterocycles. The summed E-state index contributed by atoms with van der Waals surface area (Å²) in [5.41, 5.74) is 1.21. The van der Waals surface area contributed by atoms with Gasteiger partial charge in [-0.2, -0.15) is 0 Å². The number of rotatable bonds is 5. The van der Waals surface area contributed by atoms with Gasteiger partial charge in [0.1, 0.15) is 11.0 Å². The van der Waals surface area contributed by atoms with E-state index >= 15 is 0 Å². The maximum absolute atomic E-state index is 10.9. The highest BCUT2D eigenvalue weighted by atomic mass is 32.2. The summed E-state index contributed by atoms with van der Waals surface area (Å²) in [5, 5.41) is 8.69. The second kappa shape index (κ2) is 5.45. The Bertz CT molecular complexity index is 405. The van der Waals surface area contributed by atoms with Crippen molar-refractivity contribution in [3.63, 3.8) is 0 Å². The normalized spacial score (nSPS) is 19.5. The van der Waals surface area contributed by atoms with Crippen LogP contribution in [0.4, 0.5) is 0 Å². The fraction of sp³-hybridized carbons (Fsp3) is 0.462. The summed E-state index contributed by atoms with van der Waals surface area (Å²) in [6.07, 6.45) is 0.662. The first-order chi connectivity index (χ1) is 8.22. The fourth-order valence-electron chi connectivity index (χ4n) is 1.96. The van der Waals surface area contributed by atoms with Gasteiger partial charge >= 0.3 is 5.97 Å². The molecule has 0 radical (unpaired) electrons. The van der Waals surface area contributed by atoms with E-state index in [-0.39, 0.29) is 5.25 Å². The molecule has 0 bridgehead atoms. The molecule has 0 fully saturated rings. The molecule has 0 saturated heterocycles. The lowest BCUT2D eigenvalue weighted by atomic mass is 10.0. The summed E-state index contributed by atoms with van der Waals surface area (Å²) in [5.74, 6) is 1.36. The standard InChI is InChI=1S/C13H16O3S/c1-2-12(13(14)15)17-8-9-7-16-11-6-4-3-5-10(9)11/h3-6,9,12H,2,7-8H2,1H3,(H,14,15). The molecular formula is C13H16O3S. The second-order valence-corrected chi connectivity index (χ2v) is 5.35. The topological polar surface area (TPSA) is 46.5 Å². The van der Waals surface area contributed by atoms with Gasteiger partial charge in [-0.05, 0) is 12.5 Å². The van der Waals surface area contributed by atoms with E-state index < -0.39 is 5.97 Å². The lowest BCUT2D eigenvalue weighted by Gasteiger charge is -2.12. The zero-order valence-corrected chi connectivity index (χ0v) is 10.6. The van der Waals surface area contributed by atoms with Crippen LogP contribution in [0.25, 0.3) is 0 Å². The van der Waals surface area contributed by atoms with Crippen LogP contribution >= 0.6 is 11.8 Å². The molecule has 92 valence electrons. The van der Waals surface area contributed by atoms with E-state index in [0.717, 1.165) is 11.5 Å². The Morgan fingerprint density at radius 1 is 1.59 bits per heavy atom. The number of para-hydroxylation sites is 1. The van der Waals surface area contributed by atoms with Crippen LogP contribution in [-0.4, -0.2) is 28.7 Å². The number of carboxylic acids is 1. The summed E-state index contributed by atoms with van der Waals surface area (Å²) in [7, 11) is 0. The third kappa shape index (κ3) is 2.75. The summed E-state index contributed by atoms with van der Waals surface area (Å²) >= 11 is 1.51. The predicted octanol–water partition coefficient (Wildman–Crippen LogP) is 2.76. The second-order valence-electron chi connectivity index (χ2n) is 4.11. The lowest BCUT2D eigenvalue weighted by molar-refractivity contribution is -0.136. The minimum absolute atomic E-state index is 0.303. The summed E-state index contributed by atoms with van der Waals surface area (Å²) in [6, 6.07) is 7.99. The molecule has 3 nitrogen and oxygen atoms in total. The van der Waals surface area contributed by atoms with Crippen molar-refractivity contribution in [1.29, 1.82) is 0 Å². The molecule has 1 heterocycles. The molecule has 0 saturated carbocycles. The van der Waals surface area contributed by atoms with E-state index in [4.69, 9.17) is 9.84 Å². The van der Waals surface area contributed by atoms with Crippen molar-refractivity contribution in [2.75, 3.05) is 12.4 Å². The van der Waals surface area contributed by atoms with Crippen molar-refractivity contribution in [3.8, 4) is 5.75 Å². The van der Waals surface area contributed by atoms with Gasteiger partial charge in [0.05, 0.1) is 6.61 Å². The van der Waals surface area contributed by atoms with Crippen LogP contribution in [0, 0.1) is 0 Å². The SMILES string of the molecule is CCC(SCC1COc2ccccc21)C(=O)O. The summed E-state index contributed by atoms with van der Waals surface area (Å²) in [4.78, 5) is 10.9. The van der Waals surface area contributed by atoms with Crippen molar-refractivity contribution >= 4 is 17.7 Å². The summed E-state index contributed by atoms with van der Waals surface area (Å²) in [6.45, 7) is 2.58. The molecule has 1 aliphatic rings. The fourth-order valence-corrected chi connectivity index (χ4v) is 3.08. The van der Waals surface area contributed by atoms with Gasteiger partial charge in [-0.15, -0.1) is 11.8 Å². The molecule has 1 aromatic rings. The van der Waals surface area contributed by atoms with Gasteiger partial charge in [0.15, 0.2) is 0 Å². The van der Waals surface area contributed by atoms with Gasteiger partial charge in [-0.3, -0.25) is 4.79 Å². The van der Waals surface area contributed by atoms with Crippen LogP contribution in [0.3, 0.4) is 0 Å². The molecule has 0 amide bonds. The van der Waals surface area contributed by atoms with E-state index in [2.05, 4.69) is 6.07 Å². The van der Waals surface area contributed by atoms with E-state index in [0.29, 0.717) is 18.9 Å². The average Bonchev–Trinajstić information content (AvgIpc) is 2.73. The quantitative estimate of drug-likeness (QED) is 0.875. The number of carbonyl (C=O) groups is 1.